The van der Waals surface area contributed by atoms with Gasteiger partial charge in [-0.2, -0.15) is 0 Å². The number of nitrogens with two attached hydrogens (primary N) is 1. The van der Waals surface area contributed by atoms with Crippen LogP contribution in [0.1, 0.15) is 26.2 Å². The van der Waals surface area contributed by atoms with Gasteiger partial charge in [0, 0.05) is 31.7 Å². The monoisotopic (exact) mass is 197 g/mol. The molecule has 0 saturated carbocycles. The molecule has 0 aliphatic carbocycles. The fourth-order valence-electron chi connectivity index (χ4n) is 2.82. The lowest BCUT2D eigenvalue weighted by atomic mass is 10.0. The average molecular weight is 197 g/mol. The van der Waals surface area contributed by atoms with Crippen molar-refractivity contribution in [3.8, 4) is 0 Å². The molecule has 3 heteroatoms. The molecule has 3 fully saturated rings. The summed E-state index contributed by atoms with van der Waals surface area (Å²) in [6.07, 6.45) is 3.72. The first-order valence-electron chi connectivity index (χ1n) is 6.03. The number of nitrogens with zero attached hydrogens (tertiary/aromatic N) is 2. The molecule has 2 N–H and O–H groups in total. The van der Waals surface area contributed by atoms with Gasteiger partial charge in [-0.3, -0.25) is 4.90 Å². The molecular formula is C11H23N3. The molecule has 4 atom stereocenters. The molecule has 3 saturated heterocycles. The summed E-state index contributed by atoms with van der Waals surface area (Å²) in [6, 6.07) is 1.02. The highest BCUT2D eigenvalue weighted by atomic mass is 15.3. The van der Waals surface area contributed by atoms with Crippen LogP contribution in [-0.4, -0.2) is 54.6 Å². The van der Waals surface area contributed by atoms with Crippen LogP contribution in [0.25, 0.3) is 0 Å². The Morgan fingerprint density at radius 1 is 1.29 bits per heavy atom. The highest BCUT2D eigenvalue weighted by Crippen LogP contribution is 2.18. The Morgan fingerprint density at radius 3 is 2.93 bits per heavy atom. The summed E-state index contributed by atoms with van der Waals surface area (Å²) in [5, 5.41) is 0. The Kier molecular flexibility index (Phi) is 3.42. The number of piperazine rings is 1. The van der Waals surface area contributed by atoms with Crippen LogP contribution in [0.2, 0.25) is 0 Å². The van der Waals surface area contributed by atoms with E-state index in [0.29, 0.717) is 12.1 Å². The van der Waals surface area contributed by atoms with Gasteiger partial charge in [0.1, 0.15) is 0 Å². The van der Waals surface area contributed by atoms with E-state index in [-0.39, 0.29) is 0 Å². The van der Waals surface area contributed by atoms with Crippen LogP contribution in [0.15, 0.2) is 0 Å². The van der Waals surface area contributed by atoms with Crippen LogP contribution >= 0.6 is 0 Å². The van der Waals surface area contributed by atoms with Crippen LogP contribution < -0.4 is 5.73 Å². The van der Waals surface area contributed by atoms with Gasteiger partial charge >= 0.3 is 0 Å². The van der Waals surface area contributed by atoms with E-state index in [1.165, 1.54) is 52.0 Å². The molecule has 3 unspecified atom stereocenters. The molecule has 3 nitrogen and oxygen atoms in total. The second-order valence-corrected chi connectivity index (χ2v) is 4.71. The fourth-order valence-corrected chi connectivity index (χ4v) is 2.82. The van der Waals surface area contributed by atoms with E-state index in [2.05, 4.69) is 16.7 Å². The first-order valence-corrected chi connectivity index (χ1v) is 6.03. The topological polar surface area (TPSA) is 32.5 Å². The Labute approximate surface area is 87.2 Å². The number of fused-ring (bicyclic) bond motifs is 4. The maximum Gasteiger partial charge on any atom is 0.0374 e. The van der Waals surface area contributed by atoms with Gasteiger partial charge in [-0.1, -0.05) is 13.3 Å². The summed E-state index contributed by atoms with van der Waals surface area (Å²) in [5.41, 5.74) is 6.25. The molecule has 0 radical (unpaired) electrons. The minimum absolute atomic E-state index is 0.390. The van der Waals surface area contributed by atoms with Crippen molar-refractivity contribution < 1.29 is 0 Å². The smallest absolute Gasteiger partial charge is 0.0374 e. The van der Waals surface area contributed by atoms with E-state index in [0.717, 1.165) is 0 Å². The lowest BCUT2D eigenvalue weighted by Crippen LogP contribution is -2.57. The minimum atomic E-state index is 0.390. The predicted octanol–water partition coefficient (Wildman–Crippen LogP) is 0.504. The van der Waals surface area contributed by atoms with Crippen molar-refractivity contribution in [2.75, 3.05) is 32.7 Å². The van der Waals surface area contributed by atoms with Crippen molar-refractivity contribution in [2.24, 2.45) is 5.73 Å². The zero-order valence-corrected chi connectivity index (χ0v) is 9.28. The molecule has 3 aliphatic heterocycles. The van der Waals surface area contributed by atoms with E-state index >= 15 is 0 Å². The predicted molar refractivity (Wildman–Crippen MR) is 59.3 cm³/mol. The van der Waals surface area contributed by atoms with Crippen LogP contribution in [0, 0.1) is 0 Å². The second kappa shape index (κ2) is 4.60. The number of rotatable bonds is 3. The molecule has 82 valence electrons. The molecule has 14 heavy (non-hydrogen) atoms. The Balaban J connectivity index is 1.97. The van der Waals surface area contributed by atoms with Gasteiger partial charge in [-0.15, -0.1) is 0 Å². The summed E-state index contributed by atoms with van der Waals surface area (Å²) >= 11 is 0. The lowest BCUT2D eigenvalue weighted by Gasteiger charge is -2.40. The third kappa shape index (κ3) is 2.10. The number of hydrogen-bond donors (Lipinski definition) is 1. The molecule has 3 aliphatic rings. The van der Waals surface area contributed by atoms with Crippen molar-refractivity contribution in [1.29, 1.82) is 0 Å². The lowest BCUT2D eigenvalue weighted by molar-refractivity contribution is 0.0944. The first-order chi connectivity index (χ1) is 6.81. The van der Waals surface area contributed by atoms with E-state index in [9.17, 15) is 0 Å². The highest BCUT2D eigenvalue weighted by molar-refractivity contribution is 4.91. The molecule has 2 bridgehead atoms. The Morgan fingerprint density at radius 2 is 2.14 bits per heavy atom. The molecular weight excluding hydrogens is 174 g/mol. The largest absolute Gasteiger partial charge is 0.326 e. The van der Waals surface area contributed by atoms with E-state index in [1.807, 2.05) is 0 Å². The normalized spacial score (nSPS) is 39.4. The summed E-state index contributed by atoms with van der Waals surface area (Å²) < 4.78 is 0. The maximum atomic E-state index is 6.25. The standard InChI is InChI=1S/C11H23N3/c1-2-4-10(12)11-9-13-5-3-6-14(11)8-7-13/h10-11H,2-9,12H2,1H3/t10-,11?/m1/s1. The molecule has 3 heterocycles. The van der Waals surface area contributed by atoms with Crippen molar-refractivity contribution in [1.82, 2.24) is 9.80 Å². The maximum absolute atomic E-state index is 6.25. The van der Waals surface area contributed by atoms with Gasteiger partial charge < -0.3 is 10.6 Å². The molecule has 3 rings (SSSR count). The summed E-state index contributed by atoms with van der Waals surface area (Å²) in [5.74, 6) is 0. The van der Waals surface area contributed by atoms with E-state index in [1.54, 1.807) is 0 Å². The van der Waals surface area contributed by atoms with Gasteiger partial charge in [0.15, 0.2) is 0 Å². The Bertz CT molecular complexity index is 179. The van der Waals surface area contributed by atoms with Gasteiger partial charge in [-0.25, -0.2) is 0 Å². The number of hydrogen-bond acceptors (Lipinski definition) is 3. The third-order valence-corrected chi connectivity index (χ3v) is 3.65. The van der Waals surface area contributed by atoms with Crippen molar-refractivity contribution in [3.05, 3.63) is 0 Å². The molecule has 0 spiro atoms. The molecule has 0 aromatic carbocycles. The molecule has 0 aromatic heterocycles. The van der Waals surface area contributed by atoms with Gasteiger partial charge in [0.2, 0.25) is 0 Å². The first kappa shape index (κ1) is 10.4. The highest BCUT2D eigenvalue weighted by Gasteiger charge is 2.32. The van der Waals surface area contributed by atoms with E-state index in [4.69, 9.17) is 5.73 Å². The summed E-state index contributed by atoms with van der Waals surface area (Å²) in [4.78, 5) is 5.20. The third-order valence-electron chi connectivity index (χ3n) is 3.65. The van der Waals surface area contributed by atoms with Crippen LogP contribution in [0.5, 0.6) is 0 Å². The van der Waals surface area contributed by atoms with Crippen molar-refractivity contribution in [3.63, 3.8) is 0 Å². The fraction of sp³-hybridized carbons (Fsp3) is 1.00. The Hall–Kier alpha value is -0.120. The quantitative estimate of drug-likeness (QED) is 0.715. The summed E-state index contributed by atoms with van der Waals surface area (Å²) in [6.45, 7) is 8.48. The van der Waals surface area contributed by atoms with Crippen molar-refractivity contribution in [2.45, 2.75) is 38.3 Å². The van der Waals surface area contributed by atoms with Crippen LogP contribution in [0.3, 0.4) is 0 Å². The average Bonchev–Trinajstić information content (AvgIpc) is 2.52. The van der Waals surface area contributed by atoms with Crippen LogP contribution in [-0.2, 0) is 0 Å². The second-order valence-electron chi connectivity index (χ2n) is 4.71. The van der Waals surface area contributed by atoms with Crippen molar-refractivity contribution >= 4 is 0 Å². The van der Waals surface area contributed by atoms with Gasteiger partial charge in [0.05, 0.1) is 0 Å². The zero-order chi connectivity index (χ0) is 9.97. The summed E-state index contributed by atoms with van der Waals surface area (Å²) in [7, 11) is 0. The minimum Gasteiger partial charge on any atom is -0.326 e. The molecule has 0 aromatic rings. The SMILES string of the molecule is CCC[C@@H](N)C1CN2CCCN1CC2. The van der Waals surface area contributed by atoms with E-state index < -0.39 is 0 Å². The molecule has 0 amide bonds. The van der Waals surface area contributed by atoms with Gasteiger partial charge in [-0.05, 0) is 25.9 Å². The van der Waals surface area contributed by atoms with Crippen LogP contribution in [0.4, 0.5) is 0 Å². The van der Waals surface area contributed by atoms with Gasteiger partial charge in [0.25, 0.3) is 0 Å². The zero-order valence-electron chi connectivity index (χ0n) is 9.28.